The average molecular weight is 392 g/mol. The molecular formula is C17H17FN4O2S2. The third kappa shape index (κ3) is 4.84. The van der Waals surface area contributed by atoms with E-state index in [-0.39, 0.29) is 11.4 Å². The summed E-state index contributed by atoms with van der Waals surface area (Å²) in [7, 11) is -3.70. The van der Waals surface area contributed by atoms with E-state index in [9.17, 15) is 12.8 Å². The van der Waals surface area contributed by atoms with E-state index >= 15 is 0 Å². The molecule has 6 nitrogen and oxygen atoms in total. The Morgan fingerprint density at radius 2 is 1.81 bits per heavy atom. The van der Waals surface area contributed by atoms with Gasteiger partial charge in [0.15, 0.2) is 0 Å². The molecule has 0 atom stereocenters. The second kappa shape index (κ2) is 7.90. The van der Waals surface area contributed by atoms with Crippen LogP contribution < -0.4 is 10.0 Å². The maximum absolute atomic E-state index is 13.2. The number of anilines is 1. The number of aromatic nitrogens is 2. The SMILES string of the molecule is Cc1nsc(NCc2cccc(S(=O)(=O)NCc3cccc(F)c3)c2)n1. The fourth-order valence-corrected chi connectivity index (χ4v) is 3.93. The van der Waals surface area contributed by atoms with Gasteiger partial charge in [0.2, 0.25) is 15.2 Å². The van der Waals surface area contributed by atoms with Gasteiger partial charge in [0.25, 0.3) is 0 Å². The van der Waals surface area contributed by atoms with Crippen LogP contribution in [0.2, 0.25) is 0 Å². The minimum atomic E-state index is -3.70. The van der Waals surface area contributed by atoms with Crippen LogP contribution in [0.25, 0.3) is 0 Å². The highest BCUT2D eigenvalue weighted by Crippen LogP contribution is 2.15. The molecule has 3 rings (SSSR count). The number of nitrogens with zero attached hydrogens (tertiary/aromatic N) is 2. The second-order valence-electron chi connectivity index (χ2n) is 5.60. The molecule has 0 fully saturated rings. The molecule has 0 aliphatic heterocycles. The Balaban J connectivity index is 1.67. The lowest BCUT2D eigenvalue weighted by Crippen LogP contribution is -2.23. The summed E-state index contributed by atoms with van der Waals surface area (Å²) in [6, 6.07) is 12.4. The number of sulfonamides is 1. The monoisotopic (exact) mass is 392 g/mol. The Morgan fingerprint density at radius 3 is 2.50 bits per heavy atom. The lowest BCUT2D eigenvalue weighted by Gasteiger charge is -2.09. The number of aryl methyl sites for hydroxylation is 1. The summed E-state index contributed by atoms with van der Waals surface area (Å²) < 4.78 is 44.7. The molecule has 1 aromatic heterocycles. The molecule has 0 amide bonds. The van der Waals surface area contributed by atoms with Gasteiger partial charge < -0.3 is 5.32 Å². The van der Waals surface area contributed by atoms with Crippen LogP contribution >= 0.6 is 11.5 Å². The zero-order chi connectivity index (χ0) is 18.6. The molecule has 0 unspecified atom stereocenters. The summed E-state index contributed by atoms with van der Waals surface area (Å²) in [5, 5.41) is 3.79. The van der Waals surface area contributed by atoms with Gasteiger partial charge in [0, 0.05) is 24.6 Å². The van der Waals surface area contributed by atoms with Crippen LogP contribution in [-0.2, 0) is 23.1 Å². The molecule has 0 bridgehead atoms. The lowest BCUT2D eigenvalue weighted by molar-refractivity contribution is 0.580. The molecule has 3 aromatic rings. The number of hydrogen-bond donors (Lipinski definition) is 2. The Kier molecular flexibility index (Phi) is 5.60. The molecular weight excluding hydrogens is 375 g/mol. The highest BCUT2D eigenvalue weighted by atomic mass is 32.2. The first-order valence-corrected chi connectivity index (χ1v) is 10.1. The summed E-state index contributed by atoms with van der Waals surface area (Å²) in [6.45, 7) is 2.26. The molecule has 2 N–H and O–H groups in total. The molecule has 0 saturated carbocycles. The number of halogens is 1. The number of benzene rings is 2. The van der Waals surface area contributed by atoms with Crippen LogP contribution in [0.3, 0.4) is 0 Å². The molecule has 9 heteroatoms. The number of rotatable bonds is 7. The van der Waals surface area contributed by atoms with E-state index in [0.717, 1.165) is 5.56 Å². The van der Waals surface area contributed by atoms with Gasteiger partial charge in [-0.05, 0) is 42.3 Å². The van der Waals surface area contributed by atoms with Crippen molar-refractivity contribution in [3.05, 3.63) is 71.3 Å². The molecule has 0 spiro atoms. The number of nitrogens with one attached hydrogen (secondary N) is 2. The Morgan fingerprint density at radius 1 is 1.08 bits per heavy atom. The minimum absolute atomic E-state index is 0.0205. The van der Waals surface area contributed by atoms with Gasteiger partial charge in [0.1, 0.15) is 11.6 Å². The van der Waals surface area contributed by atoms with E-state index in [1.165, 1.54) is 29.7 Å². The zero-order valence-electron chi connectivity index (χ0n) is 13.9. The Labute approximate surface area is 155 Å². The molecule has 26 heavy (non-hydrogen) atoms. The smallest absolute Gasteiger partial charge is 0.240 e. The third-order valence-electron chi connectivity index (χ3n) is 3.54. The van der Waals surface area contributed by atoms with Crippen molar-refractivity contribution in [2.75, 3.05) is 5.32 Å². The Hall–Kier alpha value is -2.36. The zero-order valence-corrected chi connectivity index (χ0v) is 15.6. The van der Waals surface area contributed by atoms with E-state index < -0.39 is 15.8 Å². The van der Waals surface area contributed by atoms with Gasteiger partial charge in [0.05, 0.1) is 4.90 Å². The van der Waals surface area contributed by atoms with Gasteiger partial charge in [-0.2, -0.15) is 4.37 Å². The second-order valence-corrected chi connectivity index (χ2v) is 8.12. The highest BCUT2D eigenvalue weighted by molar-refractivity contribution is 7.89. The predicted octanol–water partition coefficient (Wildman–Crippen LogP) is 3.08. The van der Waals surface area contributed by atoms with E-state index in [1.54, 1.807) is 31.2 Å². The predicted molar refractivity (Wildman–Crippen MR) is 98.8 cm³/mol. The molecule has 0 radical (unpaired) electrons. The summed E-state index contributed by atoms with van der Waals surface area (Å²) in [4.78, 5) is 4.36. The lowest BCUT2D eigenvalue weighted by atomic mass is 10.2. The molecule has 136 valence electrons. The quantitative estimate of drug-likeness (QED) is 0.646. The van der Waals surface area contributed by atoms with Crippen molar-refractivity contribution in [2.24, 2.45) is 0 Å². The molecule has 2 aromatic carbocycles. The van der Waals surface area contributed by atoms with Crippen LogP contribution in [-0.4, -0.2) is 17.8 Å². The molecule has 1 heterocycles. The van der Waals surface area contributed by atoms with Crippen molar-refractivity contribution in [1.82, 2.24) is 14.1 Å². The van der Waals surface area contributed by atoms with Crippen molar-refractivity contribution in [2.45, 2.75) is 24.9 Å². The van der Waals surface area contributed by atoms with Crippen LogP contribution in [0.4, 0.5) is 9.52 Å². The van der Waals surface area contributed by atoms with Gasteiger partial charge in [-0.3, -0.25) is 0 Å². The largest absolute Gasteiger partial charge is 0.356 e. The van der Waals surface area contributed by atoms with E-state index in [4.69, 9.17) is 0 Å². The average Bonchev–Trinajstić information content (AvgIpc) is 3.04. The summed E-state index contributed by atoms with van der Waals surface area (Å²) in [5.74, 6) is 0.289. The minimum Gasteiger partial charge on any atom is -0.356 e. The molecule has 0 aliphatic carbocycles. The van der Waals surface area contributed by atoms with Crippen molar-refractivity contribution in [3.63, 3.8) is 0 Å². The summed E-state index contributed by atoms with van der Waals surface area (Å²) in [6.07, 6.45) is 0. The van der Waals surface area contributed by atoms with Crippen molar-refractivity contribution < 1.29 is 12.8 Å². The maximum atomic E-state index is 13.2. The van der Waals surface area contributed by atoms with Crippen LogP contribution in [0, 0.1) is 12.7 Å². The molecule has 0 aliphatic rings. The van der Waals surface area contributed by atoms with Gasteiger partial charge in [-0.25, -0.2) is 22.5 Å². The van der Waals surface area contributed by atoms with E-state index in [0.29, 0.717) is 23.1 Å². The topological polar surface area (TPSA) is 84.0 Å². The number of hydrogen-bond acceptors (Lipinski definition) is 6. The van der Waals surface area contributed by atoms with Crippen LogP contribution in [0.5, 0.6) is 0 Å². The standard InChI is InChI=1S/C17H17FN4O2S2/c1-12-21-17(25-22-12)19-10-14-5-3-7-16(9-14)26(23,24)20-11-13-4-2-6-15(18)8-13/h2-9,20H,10-11H2,1H3,(H,19,21,22). The fraction of sp³-hybridized carbons (Fsp3) is 0.176. The van der Waals surface area contributed by atoms with Crippen molar-refractivity contribution in [3.8, 4) is 0 Å². The van der Waals surface area contributed by atoms with Gasteiger partial charge in [-0.15, -0.1) is 0 Å². The molecule has 0 saturated heterocycles. The van der Waals surface area contributed by atoms with Gasteiger partial charge >= 0.3 is 0 Å². The highest BCUT2D eigenvalue weighted by Gasteiger charge is 2.14. The van der Waals surface area contributed by atoms with Crippen LogP contribution in [0.15, 0.2) is 53.4 Å². The van der Waals surface area contributed by atoms with Crippen molar-refractivity contribution in [1.29, 1.82) is 0 Å². The third-order valence-corrected chi connectivity index (χ3v) is 5.70. The fourth-order valence-electron chi connectivity index (χ4n) is 2.28. The normalized spacial score (nSPS) is 11.5. The van der Waals surface area contributed by atoms with E-state index in [1.807, 2.05) is 6.07 Å². The van der Waals surface area contributed by atoms with Crippen molar-refractivity contribution >= 4 is 26.7 Å². The Bertz CT molecular complexity index is 1010. The van der Waals surface area contributed by atoms with Crippen LogP contribution in [0.1, 0.15) is 17.0 Å². The maximum Gasteiger partial charge on any atom is 0.240 e. The van der Waals surface area contributed by atoms with Gasteiger partial charge in [-0.1, -0.05) is 24.3 Å². The van der Waals surface area contributed by atoms with E-state index in [2.05, 4.69) is 19.4 Å². The summed E-state index contributed by atoms with van der Waals surface area (Å²) >= 11 is 1.25. The first-order valence-electron chi connectivity index (χ1n) is 7.80. The first kappa shape index (κ1) is 18.4. The first-order chi connectivity index (χ1) is 12.4. The summed E-state index contributed by atoms with van der Waals surface area (Å²) in [5.41, 5.74) is 1.35.